The van der Waals surface area contributed by atoms with E-state index in [9.17, 15) is 14.7 Å². The summed E-state index contributed by atoms with van der Waals surface area (Å²) in [4.78, 5) is 24.1. The second-order valence-corrected chi connectivity index (χ2v) is 7.05. The predicted octanol–water partition coefficient (Wildman–Crippen LogP) is 2.91. The molecule has 2 aromatic carbocycles. The molecule has 1 fully saturated rings. The van der Waals surface area contributed by atoms with Gasteiger partial charge >= 0.3 is 5.97 Å². The van der Waals surface area contributed by atoms with Crippen LogP contribution in [-0.4, -0.2) is 24.1 Å². The van der Waals surface area contributed by atoms with Gasteiger partial charge < -0.3 is 15.2 Å². The van der Waals surface area contributed by atoms with Gasteiger partial charge in [0.15, 0.2) is 0 Å². The van der Waals surface area contributed by atoms with Crippen molar-refractivity contribution in [3.8, 4) is 5.75 Å². The Morgan fingerprint density at radius 2 is 2.04 bits per heavy atom. The number of carboxylic acid groups (broad SMARTS) is 1. The van der Waals surface area contributed by atoms with E-state index >= 15 is 0 Å². The number of nitrogens with one attached hydrogen (secondary N) is 1. The first-order chi connectivity index (χ1) is 12.6. The fourth-order valence-corrected chi connectivity index (χ4v) is 4.26. The van der Waals surface area contributed by atoms with Gasteiger partial charge in [0.2, 0.25) is 5.91 Å². The topological polar surface area (TPSA) is 75.6 Å². The molecule has 5 nitrogen and oxygen atoms in total. The number of fused-ring (bicyclic) bond motifs is 3. The molecule has 0 saturated heterocycles. The lowest BCUT2D eigenvalue weighted by Crippen LogP contribution is -2.32. The quantitative estimate of drug-likeness (QED) is 0.839. The van der Waals surface area contributed by atoms with Crippen molar-refractivity contribution in [2.75, 3.05) is 7.11 Å². The lowest BCUT2D eigenvalue weighted by molar-refractivity contribution is -0.137. The van der Waals surface area contributed by atoms with Gasteiger partial charge in [0.25, 0.3) is 0 Å². The summed E-state index contributed by atoms with van der Waals surface area (Å²) in [6.07, 6.45) is 0.777. The molecule has 4 atom stereocenters. The highest BCUT2D eigenvalue weighted by Crippen LogP contribution is 2.61. The van der Waals surface area contributed by atoms with Crippen LogP contribution in [0.3, 0.4) is 0 Å². The van der Waals surface area contributed by atoms with Gasteiger partial charge in [0.1, 0.15) is 5.75 Å². The van der Waals surface area contributed by atoms with Crippen LogP contribution in [0.4, 0.5) is 0 Å². The second-order valence-electron chi connectivity index (χ2n) is 7.05. The van der Waals surface area contributed by atoms with E-state index in [2.05, 4.69) is 17.4 Å². The fraction of sp³-hybridized carbons (Fsp3) is 0.333. The minimum atomic E-state index is -0.945. The number of ether oxygens (including phenoxy) is 1. The first-order valence-corrected chi connectivity index (χ1v) is 8.82. The number of rotatable bonds is 6. The summed E-state index contributed by atoms with van der Waals surface area (Å²) in [5, 5.41) is 12.2. The highest BCUT2D eigenvalue weighted by molar-refractivity contribution is 5.85. The molecule has 1 saturated carbocycles. The number of aliphatic carboxylic acids is 1. The molecular formula is C21H21NO4. The maximum Gasteiger partial charge on any atom is 0.305 e. The molecular weight excluding hydrogens is 330 g/mol. The standard InChI is InChI=1S/C21H21NO4/c1-26-14-7-4-6-13(9-14)17(11-18(23)24)22-21(25)20-16-10-12-5-2-3-8-15(12)19(16)20/h2-9,16-17,19-20H,10-11H2,1H3,(H,22,25)(H,23,24). The Hall–Kier alpha value is -2.82. The van der Waals surface area contributed by atoms with Crippen LogP contribution < -0.4 is 10.1 Å². The van der Waals surface area contributed by atoms with Crippen LogP contribution in [0.15, 0.2) is 48.5 Å². The number of carbonyl (C=O) groups excluding carboxylic acids is 1. The summed E-state index contributed by atoms with van der Waals surface area (Å²) < 4.78 is 5.21. The van der Waals surface area contributed by atoms with Crippen molar-refractivity contribution < 1.29 is 19.4 Å². The average molecular weight is 351 g/mol. The lowest BCUT2D eigenvalue weighted by Gasteiger charge is -2.19. The van der Waals surface area contributed by atoms with Gasteiger partial charge in [-0.05, 0) is 47.1 Å². The van der Waals surface area contributed by atoms with Crippen LogP contribution in [-0.2, 0) is 16.0 Å². The van der Waals surface area contributed by atoms with Crippen LogP contribution in [0.2, 0.25) is 0 Å². The monoisotopic (exact) mass is 351 g/mol. The minimum Gasteiger partial charge on any atom is -0.497 e. The van der Waals surface area contributed by atoms with Gasteiger partial charge in [-0.25, -0.2) is 0 Å². The van der Waals surface area contributed by atoms with Crippen molar-refractivity contribution >= 4 is 11.9 Å². The van der Waals surface area contributed by atoms with Gasteiger partial charge in [0.05, 0.1) is 19.6 Å². The molecule has 4 rings (SSSR count). The van der Waals surface area contributed by atoms with Gasteiger partial charge in [0, 0.05) is 5.92 Å². The Morgan fingerprint density at radius 1 is 1.23 bits per heavy atom. The molecule has 2 aromatic rings. The number of hydrogen-bond donors (Lipinski definition) is 2. The maximum atomic E-state index is 12.8. The van der Waals surface area contributed by atoms with Crippen molar-refractivity contribution in [2.45, 2.75) is 24.8 Å². The molecule has 4 unspecified atom stereocenters. The largest absolute Gasteiger partial charge is 0.497 e. The Bertz CT molecular complexity index is 863. The fourth-order valence-electron chi connectivity index (χ4n) is 4.26. The predicted molar refractivity (Wildman–Crippen MR) is 96.0 cm³/mol. The SMILES string of the molecule is COc1cccc(C(CC(=O)O)NC(=O)C2C3Cc4ccccc4C32)c1. The van der Waals surface area contributed by atoms with Crippen molar-refractivity contribution in [1.82, 2.24) is 5.32 Å². The van der Waals surface area contributed by atoms with Crippen molar-refractivity contribution in [2.24, 2.45) is 11.8 Å². The first-order valence-electron chi connectivity index (χ1n) is 8.82. The first kappa shape index (κ1) is 16.6. The van der Waals surface area contributed by atoms with E-state index in [1.807, 2.05) is 18.2 Å². The molecule has 0 aliphatic heterocycles. The minimum absolute atomic E-state index is 0.0493. The average Bonchev–Trinajstić information content (AvgIpc) is 3.23. The van der Waals surface area contributed by atoms with Crippen LogP contribution in [0, 0.1) is 11.8 Å². The zero-order chi connectivity index (χ0) is 18.3. The van der Waals surface area contributed by atoms with Crippen molar-refractivity contribution in [1.29, 1.82) is 0 Å². The van der Waals surface area contributed by atoms with E-state index in [-0.39, 0.29) is 24.2 Å². The van der Waals surface area contributed by atoms with E-state index in [4.69, 9.17) is 4.74 Å². The molecule has 0 heterocycles. The number of benzene rings is 2. The summed E-state index contributed by atoms with van der Waals surface area (Å²) in [5.74, 6) is 0.226. The molecule has 2 aliphatic carbocycles. The third-order valence-electron chi connectivity index (χ3n) is 5.53. The van der Waals surface area contributed by atoms with Gasteiger partial charge in [-0.1, -0.05) is 36.4 Å². The number of amides is 1. The third kappa shape index (κ3) is 2.94. The van der Waals surface area contributed by atoms with E-state index in [0.29, 0.717) is 11.7 Å². The van der Waals surface area contributed by atoms with Crippen LogP contribution in [0.1, 0.15) is 35.1 Å². The number of hydrogen-bond acceptors (Lipinski definition) is 3. The van der Waals surface area contributed by atoms with Gasteiger partial charge in [-0.15, -0.1) is 0 Å². The second kappa shape index (κ2) is 6.48. The molecule has 26 heavy (non-hydrogen) atoms. The van der Waals surface area contributed by atoms with E-state index in [1.165, 1.54) is 11.1 Å². The highest BCUT2D eigenvalue weighted by Gasteiger charge is 2.59. The Balaban J connectivity index is 1.50. The number of methoxy groups -OCH3 is 1. The van der Waals surface area contributed by atoms with Crippen LogP contribution in [0.5, 0.6) is 5.75 Å². The summed E-state index contributed by atoms with van der Waals surface area (Å²) >= 11 is 0. The maximum absolute atomic E-state index is 12.8. The molecule has 2 aliphatic rings. The molecule has 0 spiro atoms. The summed E-state index contributed by atoms with van der Waals surface area (Å²) in [5.41, 5.74) is 3.35. The zero-order valence-electron chi connectivity index (χ0n) is 14.5. The van der Waals surface area contributed by atoms with E-state index in [0.717, 1.165) is 12.0 Å². The smallest absolute Gasteiger partial charge is 0.305 e. The Labute approximate surface area is 152 Å². The molecule has 2 N–H and O–H groups in total. The lowest BCUT2D eigenvalue weighted by atomic mass is 10.00. The Morgan fingerprint density at radius 3 is 2.81 bits per heavy atom. The molecule has 134 valence electrons. The van der Waals surface area contributed by atoms with Gasteiger partial charge in [-0.2, -0.15) is 0 Å². The van der Waals surface area contributed by atoms with Crippen LogP contribution >= 0.6 is 0 Å². The van der Waals surface area contributed by atoms with E-state index in [1.54, 1.807) is 25.3 Å². The summed E-state index contributed by atoms with van der Waals surface area (Å²) in [6.45, 7) is 0. The molecule has 0 bridgehead atoms. The van der Waals surface area contributed by atoms with Crippen molar-refractivity contribution in [3.05, 3.63) is 65.2 Å². The summed E-state index contributed by atoms with van der Waals surface area (Å²) in [7, 11) is 1.56. The molecule has 0 aromatic heterocycles. The van der Waals surface area contributed by atoms with E-state index < -0.39 is 12.0 Å². The van der Waals surface area contributed by atoms with Crippen molar-refractivity contribution in [3.63, 3.8) is 0 Å². The third-order valence-corrected chi connectivity index (χ3v) is 5.53. The van der Waals surface area contributed by atoms with Gasteiger partial charge in [-0.3, -0.25) is 9.59 Å². The Kier molecular flexibility index (Phi) is 4.15. The summed E-state index contributed by atoms with van der Waals surface area (Å²) in [6, 6.07) is 14.9. The molecule has 5 heteroatoms. The number of carbonyl (C=O) groups is 2. The molecule has 0 radical (unpaired) electrons. The normalized spacial score (nSPS) is 23.5. The highest BCUT2D eigenvalue weighted by atomic mass is 16.5. The zero-order valence-corrected chi connectivity index (χ0v) is 14.5. The molecule has 1 amide bonds. The number of carboxylic acids is 1. The van der Waals surface area contributed by atoms with Crippen LogP contribution in [0.25, 0.3) is 0 Å².